The second-order valence-corrected chi connectivity index (χ2v) is 6.14. The molecule has 1 aliphatic carbocycles. The molecular formula is C18H15F2N3O4. The zero-order valence-electron chi connectivity index (χ0n) is 14.0. The summed E-state index contributed by atoms with van der Waals surface area (Å²) in [5.74, 6) is 0.943. The summed E-state index contributed by atoms with van der Waals surface area (Å²) in [7, 11) is 0. The molecule has 0 spiro atoms. The van der Waals surface area contributed by atoms with Crippen LogP contribution in [0.15, 0.2) is 47.2 Å². The van der Waals surface area contributed by atoms with Gasteiger partial charge in [0.2, 0.25) is 5.88 Å². The van der Waals surface area contributed by atoms with E-state index >= 15 is 0 Å². The van der Waals surface area contributed by atoms with Crippen molar-refractivity contribution in [1.29, 1.82) is 0 Å². The van der Waals surface area contributed by atoms with Gasteiger partial charge in [0.05, 0.1) is 18.5 Å². The van der Waals surface area contributed by atoms with Crippen molar-refractivity contribution in [1.82, 2.24) is 15.1 Å². The zero-order valence-corrected chi connectivity index (χ0v) is 14.0. The number of ether oxygens (including phenoxy) is 2. The Morgan fingerprint density at radius 1 is 1.11 bits per heavy atom. The highest BCUT2D eigenvalue weighted by molar-refractivity contribution is 5.51. The fourth-order valence-electron chi connectivity index (χ4n) is 2.92. The summed E-state index contributed by atoms with van der Waals surface area (Å²) >= 11 is 0. The van der Waals surface area contributed by atoms with E-state index in [1.165, 1.54) is 18.5 Å². The molecule has 1 aliphatic rings. The van der Waals surface area contributed by atoms with Gasteiger partial charge < -0.3 is 19.1 Å². The van der Waals surface area contributed by atoms with Crippen molar-refractivity contribution in [2.75, 3.05) is 0 Å². The van der Waals surface area contributed by atoms with Crippen LogP contribution >= 0.6 is 0 Å². The maximum absolute atomic E-state index is 12.2. The summed E-state index contributed by atoms with van der Waals surface area (Å²) in [6, 6.07) is 8.01. The topological polar surface area (TPSA) is 90.5 Å². The Morgan fingerprint density at radius 3 is 2.48 bits per heavy atom. The Morgan fingerprint density at radius 2 is 1.89 bits per heavy atom. The Kier molecular flexibility index (Phi) is 4.57. The molecule has 9 heteroatoms. The van der Waals surface area contributed by atoms with Crippen molar-refractivity contribution in [3.63, 3.8) is 0 Å². The Balaban J connectivity index is 1.30. The number of benzene rings is 1. The minimum Gasteiger partial charge on any atom is -0.491 e. The van der Waals surface area contributed by atoms with Crippen LogP contribution < -0.4 is 9.47 Å². The molecule has 0 aliphatic heterocycles. The van der Waals surface area contributed by atoms with Crippen molar-refractivity contribution >= 4 is 0 Å². The predicted molar refractivity (Wildman–Crippen MR) is 88.7 cm³/mol. The van der Waals surface area contributed by atoms with E-state index in [0.29, 0.717) is 23.3 Å². The van der Waals surface area contributed by atoms with Crippen LogP contribution in [0.2, 0.25) is 0 Å². The average molecular weight is 375 g/mol. The van der Waals surface area contributed by atoms with Crippen LogP contribution in [0.5, 0.6) is 17.5 Å². The van der Waals surface area contributed by atoms with Crippen LogP contribution in [0.3, 0.4) is 0 Å². The number of aromatic hydroxyl groups is 1. The van der Waals surface area contributed by atoms with Gasteiger partial charge in [-0.3, -0.25) is 0 Å². The van der Waals surface area contributed by atoms with Gasteiger partial charge in [0.1, 0.15) is 17.5 Å². The van der Waals surface area contributed by atoms with Crippen LogP contribution in [-0.2, 0) is 0 Å². The molecule has 3 aromatic rings. The van der Waals surface area contributed by atoms with Gasteiger partial charge >= 0.3 is 6.61 Å². The number of hydrogen-bond donors (Lipinski definition) is 1. The fraction of sp³-hybridized carbons (Fsp3) is 0.278. The summed E-state index contributed by atoms with van der Waals surface area (Å²) in [6.07, 6.45) is 4.58. The van der Waals surface area contributed by atoms with E-state index < -0.39 is 6.61 Å². The molecule has 0 atom stereocenters. The van der Waals surface area contributed by atoms with Crippen molar-refractivity contribution in [2.45, 2.75) is 31.5 Å². The molecule has 2 heterocycles. The van der Waals surface area contributed by atoms with Crippen molar-refractivity contribution in [2.24, 2.45) is 0 Å². The Hall–Kier alpha value is -3.23. The maximum atomic E-state index is 12.2. The van der Waals surface area contributed by atoms with Crippen molar-refractivity contribution < 1.29 is 27.9 Å². The molecule has 1 aromatic carbocycles. The van der Waals surface area contributed by atoms with Crippen LogP contribution in [0.25, 0.3) is 11.5 Å². The number of hydrogen-bond acceptors (Lipinski definition) is 7. The summed E-state index contributed by atoms with van der Waals surface area (Å²) in [6.45, 7) is -2.82. The molecule has 140 valence electrons. The highest BCUT2D eigenvalue weighted by Crippen LogP contribution is 2.39. The monoisotopic (exact) mass is 375 g/mol. The third kappa shape index (κ3) is 3.97. The number of aromatic nitrogens is 3. The smallest absolute Gasteiger partial charge is 0.387 e. The van der Waals surface area contributed by atoms with Crippen molar-refractivity contribution in [3.8, 4) is 29.0 Å². The van der Waals surface area contributed by atoms with Crippen LogP contribution in [0, 0.1) is 0 Å². The molecule has 27 heavy (non-hydrogen) atoms. The summed E-state index contributed by atoms with van der Waals surface area (Å²) in [5.41, 5.74) is 1.50. The summed E-state index contributed by atoms with van der Waals surface area (Å²) in [4.78, 5) is 8.36. The minimum absolute atomic E-state index is 0.0152. The normalized spacial score (nSPS) is 18.9. The molecule has 4 rings (SSSR count). The first kappa shape index (κ1) is 17.2. The predicted octanol–water partition coefficient (Wildman–Crippen LogP) is 3.76. The lowest BCUT2D eigenvalue weighted by atomic mass is 9.77. The molecule has 0 unspecified atom stereocenters. The lowest BCUT2D eigenvalue weighted by Gasteiger charge is -2.35. The lowest BCUT2D eigenvalue weighted by Crippen LogP contribution is -2.32. The van der Waals surface area contributed by atoms with Crippen LogP contribution in [0.1, 0.15) is 24.3 Å². The highest BCUT2D eigenvalue weighted by Gasteiger charge is 2.32. The number of halogens is 2. The van der Waals surface area contributed by atoms with E-state index in [2.05, 4.69) is 19.9 Å². The number of alkyl halides is 2. The van der Waals surface area contributed by atoms with Crippen LogP contribution in [-0.4, -0.2) is 32.9 Å². The molecule has 1 saturated carbocycles. The molecule has 0 saturated heterocycles. The van der Waals surface area contributed by atoms with E-state index in [4.69, 9.17) is 9.26 Å². The van der Waals surface area contributed by atoms with Crippen molar-refractivity contribution in [3.05, 3.63) is 48.3 Å². The highest BCUT2D eigenvalue weighted by atomic mass is 19.3. The fourth-order valence-corrected chi connectivity index (χ4v) is 2.92. The third-order valence-corrected chi connectivity index (χ3v) is 4.34. The number of rotatable bonds is 6. The minimum atomic E-state index is -2.82. The van der Waals surface area contributed by atoms with E-state index in [1.807, 2.05) is 0 Å². The quantitative estimate of drug-likeness (QED) is 0.701. The van der Waals surface area contributed by atoms with Gasteiger partial charge in [-0.05, 0) is 41.6 Å². The first-order valence-electron chi connectivity index (χ1n) is 8.26. The van der Waals surface area contributed by atoms with E-state index in [0.717, 1.165) is 18.4 Å². The van der Waals surface area contributed by atoms with E-state index in [-0.39, 0.29) is 17.7 Å². The van der Waals surface area contributed by atoms with Gasteiger partial charge in [0.25, 0.3) is 5.88 Å². The summed E-state index contributed by atoms with van der Waals surface area (Å²) in [5, 5.41) is 12.6. The average Bonchev–Trinajstić information content (AvgIpc) is 3.05. The lowest BCUT2D eigenvalue weighted by molar-refractivity contribution is -0.0498. The van der Waals surface area contributed by atoms with Gasteiger partial charge in [0.15, 0.2) is 5.76 Å². The number of nitrogens with zero attached hydrogens (tertiary/aromatic N) is 3. The molecule has 1 N–H and O–H groups in total. The molecule has 0 bridgehead atoms. The van der Waals surface area contributed by atoms with Gasteiger partial charge in [-0.2, -0.15) is 8.78 Å². The third-order valence-electron chi connectivity index (χ3n) is 4.34. The van der Waals surface area contributed by atoms with Gasteiger partial charge in [-0.1, -0.05) is 12.1 Å². The first-order chi connectivity index (χ1) is 13.1. The second-order valence-electron chi connectivity index (χ2n) is 6.14. The first-order valence-corrected chi connectivity index (χ1v) is 8.26. The van der Waals surface area contributed by atoms with Gasteiger partial charge in [-0.15, -0.1) is 0 Å². The Labute approximate surface area is 152 Å². The Bertz CT molecular complexity index is 894. The maximum Gasteiger partial charge on any atom is 0.387 e. The molecule has 2 aromatic heterocycles. The summed E-state index contributed by atoms with van der Waals surface area (Å²) < 4.78 is 39.4. The molecule has 7 nitrogen and oxygen atoms in total. The molecule has 0 radical (unpaired) electrons. The molecular weight excluding hydrogens is 360 g/mol. The van der Waals surface area contributed by atoms with Gasteiger partial charge in [-0.25, -0.2) is 9.97 Å². The zero-order chi connectivity index (χ0) is 18.8. The van der Waals surface area contributed by atoms with E-state index in [1.54, 1.807) is 24.3 Å². The molecule has 0 amide bonds. The van der Waals surface area contributed by atoms with Gasteiger partial charge in [0, 0.05) is 0 Å². The van der Waals surface area contributed by atoms with Crippen LogP contribution in [0.4, 0.5) is 8.78 Å². The SMILES string of the molecule is Oc1cc(-c2cnc(OC3CC(c4ccc(OC(F)F)cc4)C3)cn2)on1. The largest absolute Gasteiger partial charge is 0.491 e. The molecule has 1 fully saturated rings. The standard InChI is InChI=1S/C18H15F2N3O4/c19-18(20)26-12-3-1-10(2-4-12)11-5-13(6-11)25-17-9-21-14(8-22-17)15-7-16(24)23-27-15/h1-4,7-9,11,13,18H,5-6H2,(H,23,24). The second kappa shape index (κ2) is 7.18. The van der Waals surface area contributed by atoms with E-state index in [9.17, 15) is 13.9 Å².